The molecule has 1 saturated carbocycles. The maximum Gasteiger partial charge on any atom is 0.325 e. The highest BCUT2D eigenvalue weighted by Gasteiger charge is 2.25. The van der Waals surface area contributed by atoms with Crippen molar-refractivity contribution in [3.05, 3.63) is 0 Å². The molecule has 8 heteroatoms. The van der Waals surface area contributed by atoms with Crippen LogP contribution in [0.5, 0.6) is 0 Å². The van der Waals surface area contributed by atoms with Crippen molar-refractivity contribution in [1.82, 2.24) is 10.0 Å². The summed E-state index contributed by atoms with van der Waals surface area (Å²) in [6, 6.07) is -1.23. The van der Waals surface area contributed by atoms with Gasteiger partial charge in [-0.25, -0.2) is 13.1 Å². The number of hydrogen-bond donors (Lipinski definition) is 3. The third-order valence-corrected chi connectivity index (χ3v) is 4.77. The maximum atomic E-state index is 11.8. The fourth-order valence-electron chi connectivity index (χ4n) is 2.19. The second kappa shape index (κ2) is 7.03. The zero-order valence-electron chi connectivity index (χ0n) is 11.8. The van der Waals surface area contributed by atoms with Crippen LogP contribution in [0.2, 0.25) is 0 Å². The lowest BCUT2D eigenvalue weighted by molar-refractivity contribution is -0.140. The third-order valence-electron chi connectivity index (χ3n) is 3.43. The van der Waals surface area contributed by atoms with Gasteiger partial charge in [-0.1, -0.05) is 6.92 Å². The molecule has 0 aromatic carbocycles. The molecule has 7 nitrogen and oxygen atoms in total. The van der Waals surface area contributed by atoms with Gasteiger partial charge in [-0.2, -0.15) is 0 Å². The summed E-state index contributed by atoms with van der Waals surface area (Å²) in [4.78, 5) is 22.0. The summed E-state index contributed by atoms with van der Waals surface area (Å²) < 4.78 is 26.2. The van der Waals surface area contributed by atoms with E-state index in [1.807, 2.05) is 0 Å². The number of carboxylic acids is 1. The van der Waals surface area contributed by atoms with Crippen LogP contribution in [0.15, 0.2) is 0 Å². The van der Waals surface area contributed by atoms with Gasteiger partial charge in [0.05, 0.1) is 0 Å². The van der Waals surface area contributed by atoms with Gasteiger partial charge in [-0.05, 0) is 38.5 Å². The Morgan fingerprint density at radius 1 is 1.25 bits per heavy atom. The molecule has 0 saturated heterocycles. The fourth-order valence-corrected chi connectivity index (χ4v) is 3.45. The van der Waals surface area contributed by atoms with Crippen molar-refractivity contribution in [3.63, 3.8) is 0 Å². The van der Waals surface area contributed by atoms with Crippen LogP contribution in [-0.2, 0) is 19.6 Å². The first-order valence-corrected chi connectivity index (χ1v) is 8.37. The van der Waals surface area contributed by atoms with E-state index in [9.17, 15) is 18.0 Å². The van der Waals surface area contributed by atoms with Crippen molar-refractivity contribution in [2.75, 3.05) is 5.75 Å². The first-order valence-electron chi connectivity index (χ1n) is 6.72. The lowest BCUT2D eigenvalue weighted by Gasteiger charge is -2.26. The van der Waals surface area contributed by atoms with Crippen LogP contribution in [0, 0.1) is 5.92 Å². The third kappa shape index (κ3) is 5.87. The molecule has 0 radical (unpaired) electrons. The van der Waals surface area contributed by atoms with E-state index in [2.05, 4.69) is 17.0 Å². The quantitative estimate of drug-likeness (QED) is 0.643. The van der Waals surface area contributed by atoms with Crippen LogP contribution in [0.25, 0.3) is 0 Å². The maximum absolute atomic E-state index is 11.8. The molecule has 1 aliphatic rings. The number of aliphatic carboxylic acids is 1. The Bertz CT molecular complexity index is 454. The molecule has 1 fully saturated rings. The Kier molecular flexibility index (Phi) is 5.94. The normalized spacial score (nSPS) is 24.9. The van der Waals surface area contributed by atoms with Crippen LogP contribution in [0.1, 0.15) is 39.5 Å². The number of amides is 1. The highest BCUT2D eigenvalue weighted by molar-refractivity contribution is 7.90. The van der Waals surface area contributed by atoms with Gasteiger partial charge in [0.25, 0.3) is 0 Å². The number of rotatable bonds is 6. The zero-order valence-corrected chi connectivity index (χ0v) is 12.6. The van der Waals surface area contributed by atoms with Gasteiger partial charge in [0.1, 0.15) is 11.8 Å². The van der Waals surface area contributed by atoms with Gasteiger partial charge in [0.2, 0.25) is 15.9 Å². The average molecular weight is 306 g/mol. The molecule has 1 amide bonds. The molecule has 20 heavy (non-hydrogen) atoms. The van der Waals surface area contributed by atoms with Crippen molar-refractivity contribution in [3.8, 4) is 0 Å². The number of carbonyl (C=O) groups excluding carboxylic acids is 1. The molecule has 0 unspecified atom stereocenters. The minimum atomic E-state index is -3.72. The topological polar surface area (TPSA) is 113 Å². The summed E-state index contributed by atoms with van der Waals surface area (Å²) >= 11 is 0. The molecule has 0 spiro atoms. The van der Waals surface area contributed by atoms with Gasteiger partial charge >= 0.3 is 5.97 Å². The average Bonchev–Trinajstić information content (AvgIpc) is 2.30. The molecule has 0 aliphatic heterocycles. The number of nitrogens with one attached hydrogen (secondary N) is 2. The number of hydrogen-bond acceptors (Lipinski definition) is 4. The largest absolute Gasteiger partial charge is 0.480 e. The highest BCUT2D eigenvalue weighted by atomic mass is 32.2. The Hall–Kier alpha value is -1.15. The predicted octanol–water partition coefficient (Wildman–Crippen LogP) is 0.0738. The summed E-state index contributed by atoms with van der Waals surface area (Å²) in [6.45, 7) is 3.41. The second-order valence-corrected chi connectivity index (χ2v) is 7.22. The molecule has 116 valence electrons. The van der Waals surface area contributed by atoms with Gasteiger partial charge in [0.15, 0.2) is 0 Å². The van der Waals surface area contributed by atoms with E-state index in [0.29, 0.717) is 5.92 Å². The Morgan fingerprint density at radius 3 is 2.30 bits per heavy atom. The molecule has 0 bridgehead atoms. The van der Waals surface area contributed by atoms with Gasteiger partial charge in [0, 0.05) is 6.04 Å². The number of sulfonamides is 1. The van der Waals surface area contributed by atoms with Crippen molar-refractivity contribution < 1.29 is 23.1 Å². The first-order chi connectivity index (χ1) is 9.19. The lowest BCUT2D eigenvalue weighted by Crippen LogP contribution is -2.45. The van der Waals surface area contributed by atoms with Crippen molar-refractivity contribution in [2.24, 2.45) is 5.92 Å². The summed E-state index contributed by atoms with van der Waals surface area (Å²) in [5, 5.41) is 10.8. The molecule has 0 aromatic heterocycles. The Balaban J connectivity index is 2.45. The minimum Gasteiger partial charge on any atom is -0.480 e. The van der Waals surface area contributed by atoms with E-state index >= 15 is 0 Å². The molecule has 1 rings (SSSR count). The van der Waals surface area contributed by atoms with E-state index in [4.69, 9.17) is 5.11 Å². The van der Waals surface area contributed by atoms with Gasteiger partial charge in [-0.3, -0.25) is 9.59 Å². The van der Waals surface area contributed by atoms with Crippen molar-refractivity contribution in [2.45, 2.75) is 51.6 Å². The van der Waals surface area contributed by atoms with Crippen molar-refractivity contribution in [1.29, 1.82) is 0 Å². The van der Waals surface area contributed by atoms with E-state index in [1.165, 1.54) is 6.92 Å². The SMILES string of the molecule is CC1CCC(NS(=O)(=O)CC(=O)N[C@H](C)C(=O)O)CC1. The Morgan fingerprint density at radius 2 is 1.80 bits per heavy atom. The molecule has 3 N–H and O–H groups in total. The molecular weight excluding hydrogens is 284 g/mol. The predicted molar refractivity (Wildman–Crippen MR) is 73.6 cm³/mol. The zero-order chi connectivity index (χ0) is 15.3. The molecule has 0 heterocycles. The summed E-state index contributed by atoms with van der Waals surface area (Å²) in [7, 11) is -3.72. The first kappa shape index (κ1) is 16.9. The highest BCUT2D eigenvalue weighted by Crippen LogP contribution is 2.23. The lowest BCUT2D eigenvalue weighted by atomic mass is 9.88. The van der Waals surface area contributed by atoms with Gasteiger partial charge in [-0.15, -0.1) is 0 Å². The summed E-state index contributed by atoms with van der Waals surface area (Å²) in [5.74, 6) is -2.14. The van der Waals surface area contributed by atoms with Crippen molar-refractivity contribution >= 4 is 21.9 Å². The van der Waals surface area contributed by atoms with Gasteiger partial charge < -0.3 is 10.4 Å². The molecule has 1 atom stereocenters. The molecule has 0 aromatic rings. The van der Waals surface area contributed by atoms with Crippen LogP contribution < -0.4 is 10.0 Å². The van der Waals surface area contributed by atoms with E-state index in [0.717, 1.165) is 25.7 Å². The van der Waals surface area contributed by atoms with Crippen LogP contribution in [-0.4, -0.2) is 43.2 Å². The fraction of sp³-hybridized carbons (Fsp3) is 0.833. The smallest absolute Gasteiger partial charge is 0.325 e. The van der Waals surface area contributed by atoms with E-state index in [1.54, 1.807) is 0 Å². The summed E-state index contributed by atoms with van der Waals surface area (Å²) in [6.07, 6.45) is 3.48. The number of carboxylic acid groups (broad SMARTS) is 1. The second-order valence-electron chi connectivity index (χ2n) is 5.46. The van der Waals surface area contributed by atoms with Crippen LogP contribution in [0.3, 0.4) is 0 Å². The molecule has 1 aliphatic carbocycles. The van der Waals surface area contributed by atoms with E-state index < -0.39 is 33.7 Å². The van der Waals surface area contributed by atoms with Crippen LogP contribution >= 0.6 is 0 Å². The van der Waals surface area contributed by atoms with E-state index in [-0.39, 0.29) is 6.04 Å². The number of carbonyl (C=O) groups is 2. The molecular formula is C12H22N2O5S. The standard InChI is InChI=1S/C12H22N2O5S/c1-8-3-5-10(6-4-8)14-20(18,19)7-11(15)13-9(2)12(16)17/h8-10,14H,3-7H2,1-2H3,(H,13,15)(H,16,17)/t8?,9-,10?/m1/s1. The monoisotopic (exact) mass is 306 g/mol. The Labute approximate surface area is 119 Å². The minimum absolute atomic E-state index is 0.124. The summed E-state index contributed by atoms with van der Waals surface area (Å²) in [5.41, 5.74) is 0. The van der Waals surface area contributed by atoms with Crippen LogP contribution in [0.4, 0.5) is 0 Å².